The van der Waals surface area contributed by atoms with Gasteiger partial charge in [0.2, 0.25) is 0 Å². The second-order valence-corrected chi connectivity index (χ2v) is 7.22. The molecule has 1 aromatic carbocycles. The van der Waals surface area contributed by atoms with E-state index < -0.39 is 0 Å². The number of aliphatic imine (C=N–C) groups is 1. The Hall–Kier alpha value is -2.67. The molecule has 1 unspecified atom stereocenters. The van der Waals surface area contributed by atoms with Gasteiger partial charge in [-0.1, -0.05) is 79.0 Å². The molecule has 1 aromatic rings. The van der Waals surface area contributed by atoms with E-state index in [4.69, 9.17) is 4.99 Å². The summed E-state index contributed by atoms with van der Waals surface area (Å²) >= 11 is 0. The van der Waals surface area contributed by atoms with E-state index in [2.05, 4.69) is 94.2 Å². The highest BCUT2D eigenvalue weighted by Gasteiger charge is 2.17. The van der Waals surface area contributed by atoms with Crippen LogP contribution < -0.4 is 0 Å². The minimum Gasteiger partial charge on any atom is -0.285 e. The van der Waals surface area contributed by atoms with Gasteiger partial charge in [0.05, 0.1) is 6.04 Å². The molecule has 1 aliphatic carbocycles. The van der Waals surface area contributed by atoms with Crippen LogP contribution in [0.5, 0.6) is 0 Å². The Morgan fingerprint density at radius 3 is 2.71 bits per heavy atom. The van der Waals surface area contributed by atoms with Crippen molar-refractivity contribution in [1.29, 1.82) is 0 Å². The lowest BCUT2D eigenvalue weighted by Gasteiger charge is -2.19. The van der Waals surface area contributed by atoms with Crippen LogP contribution in [0.15, 0.2) is 84.5 Å². The van der Waals surface area contributed by atoms with Gasteiger partial charge in [0.15, 0.2) is 0 Å². The number of fused-ring (bicyclic) bond motifs is 1. The second kappa shape index (κ2) is 11.9. The zero-order chi connectivity index (χ0) is 20.2. The van der Waals surface area contributed by atoms with Gasteiger partial charge in [0.25, 0.3) is 0 Å². The second-order valence-electron chi connectivity index (χ2n) is 7.22. The monoisotopic (exact) mass is 371 g/mol. The molecule has 2 rings (SSSR count). The summed E-state index contributed by atoms with van der Waals surface area (Å²) in [6.45, 7) is 10.7. The normalized spacial score (nSPS) is 20.0. The Morgan fingerprint density at radius 2 is 1.89 bits per heavy atom. The maximum atomic E-state index is 4.87. The highest BCUT2D eigenvalue weighted by molar-refractivity contribution is 5.78. The number of rotatable bonds is 7. The number of unbranched alkanes of at least 4 members (excludes halogenated alkanes) is 2. The topological polar surface area (TPSA) is 12.4 Å². The zero-order valence-electron chi connectivity index (χ0n) is 17.6. The Balaban J connectivity index is 2.11. The van der Waals surface area contributed by atoms with Crippen LogP contribution in [0, 0.1) is 13.8 Å². The van der Waals surface area contributed by atoms with E-state index in [1.165, 1.54) is 28.7 Å². The largest absolute Gasteiger partial charge is 0.285 e. The van der Waals surface area contributed by atoms with Crippen molar-refractivity contribution in [3.63, 3.8) is 0 Å². The molecule has 0 fully saturated rings. The summed E-state index contributed by atoms with van der Waals surface area (Å²) in [4.78, 5) is 4.87. The molecule has 1 atom stereocenters. The smallest absolute Gasteiger partial charge is 0.0789 e. The van der Waals surface area contributed by atoms with Crippen molar-refractivity contribution in [1.82, 2.24) is 0 Å². The SMILES string of the molecule is C=C1/C=C\C=C/CC(/N=C/C=C\C=C\CCC/C=C\C)c2cc(C)cc(C)c21. The summed E-state index contributed by atoms with van der Waals surface area (Å²) in [7, 11) is 0. The molecule has 0 saturated heterocycles. The molecule has 0 aromatic heterocycles. The predicted octanol–water partition coefficient (Wildman–Crippen LogP) is 7.80. The summed E-state index contributed by atoms with van der Waals surface area (Å²) in [5.74, 6) is 0. The van der Waals surface area contributed by atoms with Gasteiger partial charge < -0.3 is 0 Å². The minimum atomic E-state index is 0.107. The maximum absolute atomic E-state index is 4.87. The Labute approximate surface area is 171 Å². The van der Waals surface area contributed by atoms with Crippen LogP contribution in [0.1, 0.15) is 60.9 Å². The standard InChI is InChI=1S/C27H33N/c1-5-6-7-8-9-10-11-12-16-19-28-26-18-15-13-14-17-23(3)27-24(4)20-22(2)21-25(26)27/h5-6,10-17,19-21,26H,3,7-9,18H2,1-2,4H3/b6-5-,11-10+,15-13-,16-12-,17-14-,28-19+. The first-order chi connectivity index (χ1) is 13.6. The van der Waals surface area contributed by atoms with Crippen LogP contribution in [-0.2, 0) is 0 Å². The first-order valence-corrected chi connectivity index (χ1v) is 10.2. The lowest BCUT2D eigenvalue weighted by atomic mass is 9.89. The number of hydrogen-bond donors (Lipinski definition) is 0. The van der Waals surface area contributed by atoms with Crippen molar-refractivity contribution in [2.75, 3.05) is 0 Å². The summed E-state index contributed by atoms with van der Waals surface area (Å²) in [6.07, 6.45) is 27.5. The molecular formula is C27H33N. The molecule has 146 valence electrons. The third-order valence-electron chi connectivity index (χ3n) is 4.78. The van der Waals surface area contributed by atoms with Crippen molar-refractivity contribution in [2.45, 2.75) is 52.5 Å². The molecule has 0 bridgehead atoms. The van der Waals surface area contributed by atoms with Gasteiger partial charge >= 0.3 is 0 Å². The fourth-order valence-electron chi connectivity index (χ4n) is 3.47. The highest BCUT2D eigenvalue weighted by Crippen LogP contribution is 2.33. The van der Waals surface area contributed by atoms with Gasteiger partial charge in [-0.25, -0.2) is 0 Å². The van der Waals surface area contributed by atoms with Crippen molar-refractivity contribution in [3.05, 3.63) is 102 Å². The highest BCUT2D eigenvalue weighted by atomic mass is 14.8. The molecule has 0 saturated carbocycles. The van der Waals surface area contributed by atoms with E-state index in [0.29, 0.717) is 0 Å². The predicted molar refractivity (Wildman–Crippen MR) is 126 cm³/mol. The summed E-state index contributed by atoms with van der Waals surface area (Å²) < 4.78 is 0. The van der Waals surface area contributed by atoms with Gasteiger partial charge in [0.1, 0.15) is 0 Å². The third-order valence-corrected chi connectivity index (χ3v) is 4.78. The third kappa shape index (κ3) is 6.81. The van der Waals surface area contributed by atoms with Crippen LogP contribution in [0.3, 0.4) is 0 Å². The van der Waals surface area contributed by atoms with E-state index in [-0.39, 0.29) is 6.04 Å². The zero-order valence-corrected chi connectivity index (χ0v) is 17.6. The molecule has 0 aliphatic heterocycles. The van der Waals surface area contributed by atoms with Crippen LogP contribution in [0.2, 0.25) is 0 Å². The number of hydrogen-bond acceptors (Lipinski definition) is 1. The number of benzene rings is 1. The number of allylic oxidation sites excluding steroid dienone is 10. The van der Waals surface area contributed by atoms with Gasteiger partial charge in [-0.2, -0.15) is 0 Å². The molecule has 0 spiro atoms. The molecule has 0 radical (unpaired) electrons. The molecule has 28 heavy (non-hydrogen) atoms. The van der Waals surface area contributed by atoms with E-state index >= 15 is 0 Å². The van der Waals surface area contributed by atoms with Crippen LogP contribution in [0.4, 0.5) is 0 Å². The van der Waals surface area contributed by atoms with Crippen molar-refractivity contribution < 1.29 is 0 Å². The molecular weight excluding hydrogens is 338 g/mol. The average molecular weight is 372 g/mol. The van der Waals surface area contributed by atoms with Crippen LogP contribution in [-0.4, -0.2) is 6.21 Å². The Kier molecular flexibility index (Phi) is 9.21. The first kappa shape index (κ1) is 21.6. The van der Waals surface area contributed by atoms with Crippen molar-refractivity contribution >= 4 is 11.8 Å². The molecule has 0 amide bonds. The quantitative estimate of drug-likeness (QED) is 0.201. The molecule has 1 heteroatoms. The van der Waals surface area contributed by atoms with E-state index in [1.54, 1.807) is 0 Å². The Bertz CT molecular complexity index is 828. The van der Waals surface area contributed by atoms with Crippen molar-refractivity contribution in [3.8, 4) is 0 Å². The van der Waals surface area contributed by atoms with E-state index in [0.717, 1.165) is 24.8 Å². The van der Waals surface area contributed by atoms with E-state index in [9.17, 15) is 0 Å². The first-order valence-electron chi connectivity index (χ1n) is 10.2. The summed E-state index contributed by atoms with van der Waals surface area (Å²) in [5.41, 5.74) is 6.09. The number of nitrogens with zero attached hydrogens (tertiary/aromatic N) is 1. The fraction of sp³-hybridized carbons (Fsp3) is 0.296. The fourth-order valence-corrected chi connectivity index (χ4v) is 3.47. The van der Waals surface area contributed by atoms with Crippen LogP contribution in [0.25, 0.3) is 5.57 Å². The molecule has 0 heterocycles. The lowest BCUT2D eigenvalue weighted by molar-refractivity contribution is 0.744. The molecule has 1 aliphatic rings. The van der Waals surface area contributed by atoms with Gasteiger partial charge in [-0.3, -0.25) is 4.99 Å². The van der Waals surface area contributed by atoms with Crippen molar-refractivity contribution in [2.24, 2.45) is 4.99 Å². The minimum absolute atomic E-state index is 0.107. The Morgan fingerprint density at radius 1 is 1.07 bits per heavy atom. The van der Waals surface area contributed by atoms with E-state index in [1.807, 2.05) is 12.3 Å². The maximum Gasteiger partial charge on any atom is 0.0789 e. The average Bonchev–Trinajstić information content (AvgIpc) is 2.73. The van der Waals surface area contributed by atoms with Gasteiger partial charge in [-0.15, -0.1) is 0 Å². The molecule has 0 N–H and O–H groups in total. The lowest BCUT2D eigenvalue weighted by Crippen LogP contribution is -2.02. The molecule has 1 nitrogen and oxygen atoms in total. The number of aryl methyl sites for hydroxylation is 2. The summed E-state index contributed by atoms with van der Waals surface area (Å²) in [5, 5.41) is 0. The van der Waals surface area contributed by atoms with Crippen LogP contribution >= 0.6 is 0 Å². The van der Waals surface area contributed by atoms with Gasteiger partial charge in [-0.05, 0) is 74.8 Å². The summed E-state index contributed by atoms with van der Waals surface area (Å²) in [6, 6.07) is 4.60. The van der Waals surface area contributed by atoms with Gasteiger partial charge in [0, 0.05) is 6.21 Å².